The third-order valence-electron chi connectivity index (χ3n) is 2.95. The highest BCUT2D eigenvalue weighted by Gasteiger charge is 2.27. The van der Waals surface area contributed by atoms with Gasteiger partial charge >= 0.3 is 0 Å². The van der Waals surface area contributed by atoms with Crippen molar-refractivity contribution >= 4 is 21.6 Å². The van der Waals surface area contributed by atoms with Gasteiger partial charge in [-0.25, -0.2) is 21.9 Å². The van der Waals surface area contributed by atoms with E-state index < -0.39 is 49.7 Å². The van der Waals surface area contributed by atoms with Gasteiger partial charge in [-0.3, -0.25) is 4.79 Å². The smallest absolute Gasteiger partial charge is 0.244 e. The molecule has 0 aliphatic carbocycles. The Balaban J connectivity index is 3.21. The molecule has 1 unspecified atom stereocenters. The van der Waals surface area contributed by atoms with E-state index in [9.17, 15) is 22.0 Å². The van der Waals surface area contributed by atoms with Gasteiger partial charge in [-0.05, 0) is 33.3 Å². The van der Waals surface area contributed by atoms with Crippen LogP contribution >= 0.6 is 0 Å². The molecule has 0 aromatic heterocycles. The number of carbonyl (C=O) groups is 1. The van der Waals surface area contributed by atoms with Crippen molar-refractivity contribution in [2.75, 3.05) is 5.32 Å². The van der Waals surface area contributed by atoms with E-state index in [1.54, 1.807) is 20.8 Å². The van der Waals surface area contributed by atoms with E-state index >= 15 is 0 Å². The number of nitrogens with two attached hydrogens (primary N) is 1. The molecule has 0 radical (unpaired) electrons. The lowest BCUT2D eigenvalue weighted by Gasteiger charge is -2.21. The molecule has 4 N–H and O–H groups in total. The van der Waals surface area contributed by atoms with Gasteiger partial charge in [0, 0.05) is 11.6 Å². The second-order valence-electron chi connectivity index (χ2n) is 6.50. The predicted molar refractivity (Wildman–Crippen MR) is 87.9 cm³/mol. The molecule has 0 spiro atoms. The van der Waals surface area contributed by atoms with E-state index in [1.165, 1.54) is 0 Å². The van der Waals surface area contributed by atoms with E-state index in [0.29, 0.717) is 18.9 Å². The zero-order valence-electron chi connectivity index (χ0n) is 14.1. The molecule has 1 rings (SSSR count). The summed E-state index contributed by atoms with van der Waals surface area (Å²) >= 11 is 0. The van der Waals surface area contributed by atoms with Gasteiger partial charge < -0.3 is 11.1 Å². The summed E-state index contributed by atoms with van der Waals surface area (Å²) in [4.78, 5) is 11.1. The van der Waals surface area contributed by atoms with Crippen molar-refractivity contribution in [3.05, 3.63) is 23.8 Å². The van der Waals surface area contributed by atoms with Crippen LogP contribution in [0.4, 0.5) is 14.5 Å². The Morgan fingerprint density at radius 3 is 2.33 bits per heavy atom. The van der Waals surface area contributed by atoms with Gasteiger partial charge in [-0.1, -0.05) is 13.3 Å². The molecule has 1 atom stereocenters. The van der Waals surface area contributed by atoms with Gasteiger partial charge in [0.1, 0.15) is 16.5 Å². The van der Waals surface area contributed by atoms with Gasteiger partial charge in [0.15, 0.2) is 0 Å². The fraction of sp³-hybridized carbons (Fsp3) is 0.533. The highest BCUT2D eigenvalue weighted by atomic mass is 32.2. The number of sulfonamides is 1. The Labute approximate surface area is 140 Å². The minimum atomic E-state index is -4.23. The van der Waals surface area contributed by atoms with E-state index in [4.69, 9.17) is 5.73 Å². The molecule has 0 fully saturated rings. The normalized spacial score (nSPS) is 13.6. The third kappa shape index (κ3) is 5.50. The summed E-state index contributed by atoms with van der Waals surface area (Å²) in [6.07, 6.45) is 1.03. The first-order chi connectivity index (χ1) is 10.9. The summed E-state index contributed by atoms with van der Waals surface area (Å²) in [7, 11) is -4.23. The van der Waals surface area contributed by atoms with Crippen molar-refractivity contribution in [3.8, 4) is 0 Å². The van der Waals surface area contributed by atoms with Gasteiger partial charge in [-0.15, -0.1) is 0 Å². The largest absolute Gasteiger partial charge is 0.322 e. The number of benzene rings is 1. The first-order valence-corrected chi connectivity index (χ1v) is 8.95. The molecular weight excluding hydrogens is 340 g/mol. The molecule has 136 valence electrons. The summed E-state index contributed by atoms with van der Waals surface area (Å²) < 4.78 is 54.5. The van der Waals surface area contributed by atoms with Crippen LogP contribution in [0.2, 0.25) is 0 Å². The number of halogens is 2. The minimum Gasteiger partial charge on any atom is -0.322 e. The van der Waals surface area contributed by atoms with Crippen molar-refractivity contribution in [2.45, 2.75) is 57.0 Å². The van der Waals surface area contributed by atoms with Crippen LogP contribution in [0.5, 0.6) is 0 Å². The van der Waals surface area contributed by atoms with Crippen LogP contribution in [-0.2, 0) is 14.8 Å². The molecule has 0 bridgehead atoms. The van der Waals surface area contributed by atoms with E-state index in [1.807, 2.05) is 6.92 Å². The first kappa shape index (κ1) is 20.5. The van der Waals surface area contributed by atoms with Gasteiger partial charge in [-0.2, -0.15) is 0 Å². The molecule has 0 saturated heterocycles. The summed E-state index contributed by atoms with van der Waals surface area (Å²) in [5.74, 6) is -3.01. The number of rotatable bonds is 6. The quantitative estimate of drug-likeness (QED) is 0.720. The molecule has 0 heterocycles. The number of carbonyl (C=O) groups excluding carboxylic acids is 1. The Kier molecular flexibility index (Phi) is 6.43. The van der Waals surface area contributed by atoms with Crippen LogP contribution in [0.25, 0.3) is 0 Å². The van der Waals surface area contributed by atoms with E-state index in [2.05, 4.69) is 10.0 Å². The molecular formula is C15H23F2N3O3S. The molecule has 1 aromatic carbocycles. The number of hydrogen-bond donors (Lipinski definition) is 3. The highest BCUT2D eigenvalue weighted by Crippen LogP contribution is 2.24. The summed E-state index contributed by atoms with van der Waals surface area (Å²) in [6.45, 7) is 6.57. The zero-order valence-corrected chi connectivity index (χ0v) is 14.9. The molecule has 1 aromatic rings. The van der Waals surface area contributed by atoms with Crippen molar-refractivity contribution < 1.29 is 22.0 Å². The third-order valence-corrected chi connectivity index (χ3v) is 4.72. The zero-order chi connectivity index (χ0) is 18.7. The fourth-order valence-electron chi connectivity index (χ4n) is 1.96. The lowest BCUT2D eigenvalue weighted by Crippen LogP contribution is -2.41. The summed E-state index contributed by atoms with van der Waals surface area (Å²) in [5.41, 5.74) is 4.33. The Bertz CT molecular complexity index is 715. The number of anilines is 1. The summed E-state index contributed by atoms with van der Waals surface area (Å²) in [6, 6.07) is 0.292. The SMILES string of the molecule is CCCC(N)C(=O)Nc1cc(S(=O)(=O)NC(C)(C)C)c(F)cc1F. The van der Waals surface area contributed by atoms with Crippen LogP contribution in [0, 0.1) is 11.6 Å². The maximum atomic E-state index is 13.9. The molecule has 0 saturated carbocycles. The second-order valence-corrected chi connectivity index (χ2v) is 8.15. The lowest BCUT2D eigenvalue weighted by atomic mass is 10.1. The Morgan fingerprint density at radius 2 is 1.83 bits per heavy atom. The van der Waals surface area contributed by atoms with Crippen molar-refractivity contribution in [1.82, 2.24) is 4.72 Å². The van der Waals surface area contributed by atoms with Gasteiger partial charge in [0.05, 0.1) is 11.7 Å². The van der Waals surface area contributed by atoms with Gasteiger partial charge in [0.2, 0.25) is 15.9 Å². The minimum absolute atomic E-state index is 0.380. The standard InChI is InChI=1S/C15H23F2N3O3S/c1-5-6-11(18)14(21)19-12-8-13(10(17)7-9(12)16)24(22,23)20-15(2,3)4/h7-8,11,20H,5-6,18H2,1-4H3,(H,19,21). The molecule has 0 aliphatic heterocycles. The van der Waals surface area contributed by atoms with Crippen LogP contribution in [-0.4, -0.2) is 25.9 Å². The topological polar surface area (TPSA) is 101 Å². The van der Waals surface area contributed by atoms with Crippen LogP contribution in [0.15, 0.2) is 17.0 Å². The molecule has 0 aliphatic rings. The van der Waals surface area contributed by atoms with E-state index in [0.717, 1.165) is 6.07 Å². The predicted octanol–water partition coefficient (Wildman–Crippen LogP) is 2.11. The lowest BCUT2D eigenvalue weighted by molar-refractivity contribution is -0.117. The van der Waals surface area contributed by atoms with Crippen LogP contribution in [0.3, 0.4) is 0 Å². The highest BCUT2D eigenvalue weighted by molar-refractivity contribution is 7.89. The van der Waals surface area contributed by atoms with Crippen LogP contribution < -0.4 is 15.8 Å². The number of amides is 1. The van der Waals surface area contributed by atoms with Gasteiger partial charge in [0.25, 0.3) is 0 Å². The monoisotopic (exact) mass is 363 g/mol. The van der Waals surface area contributed by atoms with E-state index in [-0.39, 0.29) is 0 Å². The molecule has 24 heavy (non-hydrogen) atoms. The van der Waals surface area contributed by atoms with Crippen LogP contribution in [0.1, 0.15) is 40.5 Å². The molecule has 1 amide bonds. The van der Waals surface area contributed by atoms with Crippen molar-refractivity contribution in [3.63, 3.8) is 0 Å². The van der Waals surface area contributed by atoms with Crippen molar-refractivity contribution in [1.29, 1.82) is 0 Å². The number of nitrogens with one attached hydrogen (secondary N) is 2. The maximum Gasteiger partial charge on any atom is 0.244 e. The Hall–Kier alpha value is -1.58. The fourth-order valence-corrected chi connectivity index (χ4v) is 3.46. The average Bonchev–Trinajstić information content (AvgIpc) is 2.38. The molecule has 9 heteroatoms. The maximum absolute atomic E-state index is 13.9. The number of hydrogen-bond acceptors (Lipinski definition) is 4. The summed E-state index contributed by atoms with van der Waals surface area (Å²) in [5, 5.41) is 2.20. The second kappa shape index (κ2) is 7.54. The molecule has 6 nitrogen and oxygen atoms in total. The van der Waals surface area contributed by atoms with Crippen molar-refractivity contribution in [2.24, 2.45) is 5.73 Å². The average molecular weight is 363 g/mol. The first-order valence-electron chi connectivity index (χ1n) is 7.47. The Morgan fingerprint density at radius 1 is 1.25 bits per heavy atom.